The molecule has 29 heavy (non-hydrogen) atoms. The molecule has 156 valence electrons. The third-order valence-corrected chi connectivity index (χ3v) is 5.20. The molecular formula is C22H26ClNO4S. The summed E-state index contributed by atoms with van der Waals surface area (Å²) >= 11 is 7.66. The van der Waals surface area contributed by atoms with Gasteiger partial charge in [0.2, 0.25) is 0 Å². The maximum atomic E-state index is 12.5. The smallest absolute Gasteiger partial charge is 0.328 e. The summed E-state index contributed by atoms with van der Waals surface area (Å²) in [6.07, 6.45) is 3.33. The monoisotopic (exact) mass is 435 g/mol. The number of esters is 1. The number of carbonyl (C=O) groups excluding carboxylic acids is 2. The van der Waals surface area contributed by atoms with E-state index in [9.17, 15) is 9.59 Å². The Morgan fingerprint density at radius 2 is 1.93 bits per heavy atom. The molecule has 0 radical (unpaired) electrons. The van der Waals surface area contributed by atoms with Crippen LogP contribution in [0.4, 0.5) is 0 Å². The highest BCUT2D eigenvalue weighted by Gasteiger charge is 2.23. The van der Waals surface area contributed by atoms with Crippen LogP contribution in [0.15, 0.2) is 48.5 Å². The normalized spacial score (nSPS) is 11.6. The van der Waals surface area contributed by atoms with Gasteiger partial charge in [-0.2, -0.15) is 11.8 Å². The molecule has 7 heteroatoms. The summed E-state index contributed by atoms with van der Waals surface area (Å²) in [4.78, 5) is 25.0. The minimum Gasteiger partial charge on any atom is -0.490 e. The van der Waals surface area contributed by atoms with Crippen molar-refractivity contribution >= 4 is 35.2 Å². The van der Waals surface area contributed by atoms with Crippen LogP contribution in [-0.4, -0.2) is 43.1 Å². The summed E-state index contributed by atoms with van der Waals surface area (Å²) in [6.45, 7) is 2.42. The van der Waals surface area contributed by atoms with Crippen molar-refractivity contribution in [1.29, 1.82) is 0 Å². The molecular weight excluding hydrogens is 410 g/mol. The second kappa shape index (κ2) is 12.4. The largest absolute Gasteiger partial charge is 0.490 e. The fraction of sp³-hybridized carbons (Fsp3) is 0.364. The average Bonchev–Trinajstić information content (AvgIpc) is 2.74. The lowest BCUT2D eigenvalue weighted by Gasteiger charge is -2.18. The zero-order valence-electron chi connectivity index (χ0n) is 16.7. The van der Waals surface area contributed by atoms with Crippen LogP contribution in [-0.2, 0) is 16.0 Å². The van der Waals surface area contributed by atoms with Crippen LogP contribution in [0.3, 0.4) is 0 Å². The maximum Gasteiger partial charge on any atom is 0.328 e. The van der Waals surface area contributed by atoms with Crippen LogP contribution < -0.4 is 10.1 Å². The summed E-state index contributed by atoms with van der Waals surface area (Å²) < 4.78 is 11.0. The predicted octanol–water partition coefficient (Wildman–Crippen LogP) is 4.38. The quantitative estimate of drug-likeness (QED) is 0.419. The number of amides is 1. The van der Waals surface area contributed by atoms with Gasteiger partial charge in [0.15, 0.2) is 0 Å². The molecule has 1 amide bonds. The second-order valence-corrected chi connectivity index (χ2v) is 7.70. The first-order valence-electron chi connectivity index (χ1n) is 9.47. The zero-order chi connectivity index (χ0) is 21.1. The highest BCUT2D eigenvalue weighted by atomic mass is 35.5. The number of rotatable bonds is 11. The van der Waals surface area contributed by atoms with E-state index in [2.05, 4.69) is 12.2 Å². The Bertz CT molecular complexity index is 815. The number of ether oxygens (including phenoxy) is 2. The number of benzene rings is 2. The van der Waals surface area contributed by atoms with E-state index in [1.165, 1.54) is 5.56 Å². The molecule has 1 atom stereocenters. The fourth-order valence-electron chi connectivity index (χ4n) is 2.62. The van der Waals surface area contributed by atoms with E-state index in [-0.39, 0.29) is 13.2 Å². The van der Waals surface area contributed by atoms with E-state index in [1.54, 1.807) is 36.0 Å². The fourth-order valence-corrected chi connectivity index (χ4v) is 3.32. The molecule has 0 bridgehead atoms. The molecule has 0 spiro atoms. The number of carbonyl (C=O) groups is 2. The van der Waals surface area contributed by atoms with Crippen LogP contribution in [0.25, 0.3) is 0 Å². The number of thioether (sulfide) groups is 1. The van der Waals surface area contributed by atoms with Crippen LogP contribution >= 0.6 is 23.4 Å². The third kappa shape index (κ3) is 7.63. The Morgan fingerprint density at radius 1 is 1.14 bits per heavy atom. The van der Waals surface area contributed by atoms with E-state index in [0.29, 0.717) is 22.8 Å². The van der Waals surface area contributed by atoms with Crippen molar-refractivity contribution in [1.82, 2.24) is 5.32 Å². The highest BCUT2D eigenvalue weighted by molar-refractivity contribution is 7.98. The molecule has 0 aliphatic rings. The van der Waals surface area contributed by atoms with Gasteiger partial charge in [0.05, 0.1) is 10.6 Å². The maximum absolute atomic E-state index is 12.5. The molecule has 5 nitrogen and oxygen atoms in total. The zero-order valence-corrected chi connectivity index (χ0v) is 18.2. The van der Waals surface area contributed by atoms with Gasteiger partial charge in [-0.05, 0) is 54.7 Å². The van der Waals surface area contributed by atoms with Crippen LogP contribution in [0.1, 0.15) is 29.3 Å². The van der Waals surface area contributed by atoms with E-state index in [0.717, 1.165) is 12.2 Å². The number of nitrogens with one attached hydrogen (secondary N) is 1. The van der Waals surface area contributed by atoms with Crippen molar-refractivity contribution in [3.05, 3.63) is 64.7 Å². The summed E-state index contributed by atoms with van der Waals surface area (Å²) in [5, 5.41) is 3.07. The number of halogens is 1. The molecule has 0 saturated carbocycles. The van der Waals surface area contributed by atoms with Gasteiger partial charge in [-0.3, -0.25) is 4.79 Å². The standard InChI is InChI=1S/C22H26ClNO4S/c1-3-16-7-6-8-17(15-16)27-12-13-28-22(26)20(11-14-29-2)24-21(25)18-9-4-5-10-19(18)23/h4-10,15,20H,3,11-14H2,1-2H3,(H,24,25). The van der Waals surface area contributed by atoms with Crippen molar-refractivity contribution in [2.75, 3.05) is 25.2 Å². The topological polar surface area (TPSA) is 64.6 Å². The molecule has 1 unspecified atom stereocenters. The van der Waals surface area contributed by atoms with Gasteiger partial charge in [-0.15, -0.1) is 0 Å². The van der Waals surface area contributed by atoms with Gasteiger partial charge in [0.1, 0.15) is 25.0 Å². The average molecular weight is 436 g/mol. The lowest BCUT2D eigenvalue weighted by molar-refractivity contribution is -0.146. The molecule has 0 heterocycles. The number of hydrogen-bond donors (Lipinski definition) is 1. The first-order valence-corrected chi connectivity index (χ1v) is 11.2. The summed E-state index contributed by atoms with van der Waals surface area (Å²) in [5.74, 6) is 0.575. The predicted molar refractivity (Wildman–Crippen MR) is 118 cm³/mol. The van der Waals surface area contributed by atoms with Gasteiger partial charge in [0.25, 0.3) is 5.91 Å². The van der Waals surface area contributed by atoms with Gasteiger partial charge in [-0.1, -0.05) is 42.8 Å². The lowest BCUT2D eigenvalue weighted by atomic mass is 10.1. The van der Waals surface area contributed by atoms with E-state index < -0.39 is 17.9 Å². The summed E-state index contributed by atoms with van der Waals surface area (Å²) in [6, 6.07) is 13.8. The first kappa shape index (κ1) is 23.1. The van der Waals surface area contributed by atoms with Crippen LogP contribution in [0.2, 0.25) is 5.02 Å². The van der Waals surface area contributed by atoms with Gasteiger partial charge >= 0.3 is 5.97 Å². The van der Waals surface area contributed by atoms with Crippen molar-refractivity contribution in [2.45, 2.75) is 25.8 Å². The van der Waals surface area contributed by atoms with Gasteiger partial charge in [-0.25, -0.2) is 4.79 Å². The van der Waals surface area contributed by atoms with Crippen molar-refractivity contribution in [2.24, 2.45) is 0 Å². The van der Waals surface area contributed by atoms with Crippen molar-refractivity contribution in [3.63, 3.8) is 0 Å². The summed E-state index contributed by atoms with van der Waals surface area (Å²) in [5.41, 5.74) is 1.51. The lowest BCUT2D eigenvalue weighted by Crippen LogP contribution is -2.42. The Balaban J connectivity index is 1.87. The SMILES string of the molecule is CCc1cccc(OCCOC(=O)C(CCSC)NC(=O)c2ccccc2Cl)c1. The van der Waals surface area contributed by atoms with Gasteiger partial charge in [0, 0.05) is 0 Å². The molecule has 2 rings (SSSR count). The Hall–Kier alpha value is -2.18. The number of hydrogen-bond acceptors (Lipinski definition) is 5. The minimum atomic E-state index is -0.741. The third-order valence-electron chi connectivity index (χ3n) is 4.22. The summed E-state index contributed by atoms with van der Waals surface area (Å²) in [7, 11) is 0. The minimum absolute atomic E-state index is 0.104. The Morgan fingerprint density at radius 3 is 2.66 bits per heavy atom. The Labute approximate surface area is 181 Å². The molecule has 0 aliphatic carbocycles. The molecule has 0 fully saturated rings. The van der Waals surface area contributed by atoms with Gasteiger partial charge < -0.3 is 14.8 Å². The Kier molecular flexibility index (Phi) is 9.88. The van der Waals surface area contributed by atoms with Crippen LogP contribution in [0, 0.1) is 0 Å². The van der Waals surface area contributed by atoms with Crippen LogP contribution in [0.5, 0.6) is 5.75 Å². The second-order valence-electron chi connectivity index (χ2n) is 6.30. The van der Waals surface area contributed by atoms with E-state index in [1.807, 2.05) is 30.5 Å². The molecule has 0 aromatic heterocycles. The van der Waals surface area contributed by atoms with Crippen molar-refractivity contribution in [3.8, 4) is 5.75 Å². The van der Waals surface area contributed by atoms with E-state index in [4.69, 9.17) is 21.1 Å². The molecule has 0 aliphatic heterocycles. The van der Waals surface area contributed by atoms with Crippen molar-refractivity contribution < 1.29 is 19.1 Å². The molecule has 2 aromatic rings. The first-order chi connectivity index (χ1) is 14.0. The highest BCUT2D eigenvalue weighted by Crippen LogP contribution is 2.16. The molecule has 0 saturated heterocycles. The molecule has 2 aromatic carbocycles. The number of aryl methyl sites for hydroxylation is 1. The van der Waals surface area contributed by atoms with E-state index >= 15 is 0 Å². The molecule has 1 N–H and O–H groups in total.